The van der Waals surface area contributed by atoms with Crippen molar-refractivity contribution in [1.29, 1.82) is 0 Å². The molecule has 0 bridgehead atoms. The molecule has 1 fully saturated rings. The number of aromatic amines is 1. The van der Waals surface area contributed by atoms with Crippen molar-refractivity contribution in [1.82, 2.24) is 14.6 Å². The lowest BCUT2D eigenvalue weighted by Gasteiger charge is -2.20. The molecule has 1 aliphatic carbocycles. The van der Waals surface area contributed by atoms with Crippen LogP contribution in [-0.2, 0) is 6.42 Å². The smallest absolute Gasteiger partial charge is 0.272 e. The Bertz CT molecular complexity index is 949. The van der Waals surface area contributed by atoms with Gasteiger partial charge in [0.2, 0.25) is 0 Å². The summed E-state index contributed by atoms with van der Waals surface area (Å²) in [6, 6.07) is 7.97. The molecule has 0 amide bonds. The Hall–Kier alpha value is -2.43. The van der Waals surface area contributed by atoms with E-state index in [0.717, 1.165) is 28.9 Å². The van der Waals surface area contributed by atoms with E-state index >= 15 is 0 Å². The molecule has 0 radical (unpaired) electrons. The highest BCUT2D eigenvalue weighted by Gasteiger charge is 2.18. The van der Waals surface area contributed by atoms with E-state index in [1.165, 1.54) is 48.8 Å². The maximum absolute atomic E-state index is 13.3. The van der Waals surface area contributed by atoms with Crippen LogP contribution in [-0.4, -0.2) is 14.6 Å². The molecule has 1 aliphatic rings. The number of H-pyrrole nitrogens is 1. The van der Waals surface area contributed by atoms with Gasteiger partial charge in [0.1, 0.15) is 5.82 Å². The zero-order valence-electron chi connectivity index (χ0n) is 14.4. The van der Waals surface area contributed by atoms with E-state index in [1.807, 2.05) is 6.92 Å². The van der Waals surface area contributed by atoms with Crippen LogP contribution >= 0.6 is 0 Å². The number of hydrogen-bond donors (Lipinski definition) is 1. The number of nitrogens with zero attached hydrogens (tertiary/aromatic N) is 2. The third-order valence-corrected chi connectivity index (χ3v) is 5.21. The summed E-state index contributed by atoms with van der Waals surface area (Å²) in [7, 11) is 0. The van der Waals surface area contributed by atoms with E-state index in [1.54, 1.807) is 18.2 Å². The number of fused-ring (bicyclic) bond motifs is 1. The maximum Gasteiger partial charge on any atom is 0.272 e. The van der Waals surface area contributed by atoms with E-state index in [2.05, 4.69) is 5.10 Å². The van der Waals surface area contributed by atoms with Crippen LogP contribution in [0.1, 0.15) is 43.5 Å². The fraction of sp³-hybridized carbons (Fsp3) is 0.400. The molecule has 1 N–H and O–H groups in total. The Kier molecular flexibility index (Phi) is 4.15. The van der Waals surface area contributed by atoms with Crippen LogP contribution in [0.5, 0.6) is 0 Å². The Labute approximate surface area is 145 Å². The van der Waals surface area contributed by atoms with Gasteiger partial charge < -0.3 is 0 Å². The molecule has 25 heavy (non-hydrogen) atoms. The summed E-state index contributed by atoms with van der Waals surface area (Å²) >= 11 is 0. The molecule has 0 atom stereocenters. The molecule has 2 heterocycles. The van der Waals surface area contributed by atoms with Crippen molar-refractivity contribution in [3.05, 3.63) is 57.9 Å². The van der Waals surface area contributed by atoms with Crippen LogP contribution in [0.4, 0.5) is 4.39 Å². The summed E-state index contributed by atoms with van der Waals surface area (Å²) in [5.41, 5.74) is 3.97. The molecule has 0 saturated heterocycles. The van der Waals surface area contributed by atoms with Crippen molar-refractivity contribution in [2.75, 3.05) is 0 Å². The zero-order valence-corrected chi connectivity index (χ0v) is 14.4. The fourth-order valence-corrected chi connectivity index (χ4v) is 3.95. The van der Waals surface area contributed by atoms with Gasteiger partial charge in [-0.25, -0.2) is 13.9 Å². The molecule has 1 saturated carbocycles. The monoisotopic (exact) mass is 339 g/mol. The molecule has 3 aromatic rings. The minimum Gasteiger partial charge on any atom is -0.293 e. The van der Waals surface area contributed by atoms with Crippen LogP contribution in [0.3, 0.4) is 0 Å². The van der Waals surface area contributed by atoms with Gasteiger partial charge in [-0.15, -0.1) is 0 Å². The highest BCUT2D eigenvalue weighted by atomic mass is 19.1. The van der Waals surface area contributed by atoms with Crippen molar-refractivity contribution < 1.29 is 4.39 Å². The summed E-state index contributed by atoms with van der Waals surface area (Å²) < 4.78 is 14.7. The predicted octanol–water partition coefficient (Wildman–Crippen LogP) is 4.26. The zero-order chi connectivity index (χ0) is 17.4. The SMILES string of the molecule is Cc1[nH]n2c(=O)cc(CC3CCCCC3)nc2c1-c1ccc(F)cc1. The summed E-state index contributed by atoms with van der Waals surface area (Å²) in [4.78, 5) is 17.3. The number of benzene rings is 1. The van der Waals surface area contributed by atoms with Crippen LogP contribution < -0.4 is 5.56 Å². The van der Waals surface area contributed by atoms with Crippen molar-refractivity contribution in [2.45, 2.75) is 45.4 Å². The van der Waals surface area contributed by atoms with Crippen molar-refractivity contribution >= 4 is 5.65 Å². The van der Waals surface area contributed by atoms with Crippen LogP contribution in [0.25, 0.3) is 16.8 Å². The first-order chi connectivity index (χ1) is 12.1. The molecule has 0 spiro atoms. The average molecular weight is 339 g/mol. The first kappa shape index (κ1) is 16.1. The quantitative estimate of drug-likeness (QED) is 0.775. The minimum atomic E-state index is -0.274. The molecular formula is C20H22FN3O. The highest BCUT2D eigenvalue weighted by molar-refractivity contribution is 5.79. The number of aryl methyl sites for hydroxylation is 1. The minimum absolute atomic E-state index is 0.0905. The van der Waals surface area contributed by atoms with Gasteiger partial charge in [0, 0.05) is 23.0 Å². The number of rotatable bonds is 3. The lowest BCUT2D eigenvalue weighted by Crippen LogP contribution is -2.18. The van der Waals surface area contributed by atoms with Gasteiger partial charge >= 0.3 is 0 Å². The molecule has 2 aromatic heterocycles. The van der Waals surface area contributed by atoms with Crippen LogP contribution in [0, 0.1) is 18.7 Å². The number of halogens is 1. The summed E-state index contributed by atoms with van der Waals surface area (Å²) in [5.74, 6) is 0.349. The third-order valence-electron chi connectivity index (χ3n) is 5.21. The molecule has 5 heteroatoms. The van der Waals surface area contributed by atoms with Crippen molar-refractivity contribution in [2.24, 2.45) is 5.92 Å². The van der Waals surface area contributed by atoms with E-state index < -0.39 is 0 Å². The summed E-state index contributed by atoms with van der Waals surface area (Å²) in [5, 5.41) is 3.09. The van der Waals surface area contributed by atoms with E-state index in [0.29, 0.717) is 11.6 Å². The first-order valence-corrected chi connectivity index (χ1v) is 8.99. The van der Waals surface area contributed by atoms with Gasteiger partial charge in [-0.1, -0.05) is 44.2 Å². The Morgan fingerprint density at radius 2 is 1.92 bits per heavy atom. The fourth-order valence-electron chi connectivity index (χ4n) is 3.95. The number of hydrogen-bond acceptors (Lipinski definition) is 2. The Balaban J connectivity index is 1.79. The van der Waals surface area contributed by atoms with Gasteiger partial charge in [-0.05, 0) is 37.0 Å². The topological polar surface area (TPSA) is 50.2 Å². The molecular weight excluding hydrogens is 317 g/mol. The van der Waals surface area contributed by atoms with E-state index in [9.17, 15) is 9.18 Å². The summed E-state index contributed by atoms with van der Waals surface area (Å²) in [6.07, 6.45) is 7.16. The molecule has 4 nitrogen and oxygen atoms in total. The third kappa shape index (κ3) is 3.11. The lowest BCUT2D eigenvalue weighted by atomic mass is 9.86. The van der Waals surface area contributed by atoms with Crippen molar-refractivity contribution in [3.63, 3.8) is 0 Å². The molecule has 1 aromatic carbocycles. The van der Waals surface area contributed by atoms with E-state index in [4.69, 9.17) is 4.98 Å². The number of aromatic nitrogens is 3. The van der Waals surface area contributed by atoms with Gasteiger partial charge in [0.25, 0.3) is 5.56 Å². The number of nitrogens with one attached hydrogen (secondary N) is 1. The molecule has 130 valence electrons. The van der Waals surface area contributed by atoms with E-state index in [-0.39, 0.29) is 11.4 Å². The van der Waals surface area contributed by atoms with Crippen LogP contribution in [0.2, 0.25) is 0 Å². The largest absolute Gasteiger partial charge is 0.293 e. The Morgan fingerprint density at radius 1 is 1.20 bits per heavy atom. The van der Waals surface area contributed by atoms with Crippen molar-refractivity contribution in [3.8, 4) is 11.1 Å². The summed E-state index contributed by atoms with van der Waals surface area (Å²) in [6.45, 7) is 1.91. The Morgan fingerprint density at radius 3 is 2.64 bits per heavy atom. The predicted molar refractivity (Wildman–Crippen MR) is 96.2 cm³/mol. The second kappa shape index (κ2) is 6.47. The molecule has 4 rings (SSSR count). The molecule has 0 unspecified atom stereocenters. The molecule has 0 aliphatic heterocycles. The normalized spacial score (nSPS) is 15.8. The standard InChI is InChI=1S/C20H22FN3O/c1-13-19(15-7-9-16(21)10-8-15)20-22-17(12-18(25)24(20)23-13)11-14-5-3-2-4-6-14/h7-10,12,14,23H,2-6,11H2,1H3. The van der Waals surface area contributed by atoms with Crippen LogP contribution in [0.15, 0.2) is 35.1 Å². The van der Waals surface area contributed by atoms with Gasteiger partial charge in [-0.2, -0.15) is 0 Å². The second-order valence-corrected chi connectivity index (χ2v) is 7.07. The lowest BCUT2D eigenvalue weighted by molar-refractivity contribution is 0.354. The average Bonchev–Trinajstić information content (AvgIpc) is 2.93. The second-order valence-electron chi connectivity index (χ2n) is 7.07. The van der Waals surface area contributed by atoms with Gasteiger partial charge in [0.15, 0.2) is 5.65 Å². The van der Waals surface area contributed by atoms with Gasteiger partial charge in [0.05, 0.1) is 0 Å². The first-order valence-electron chi connectivity index (χ1n) is 8.99. The van der Waals surface area contributed by atoms with Gasteiger partial charge in [-0.3, -0.25) is 9.89 Å². The highest BCUT2D eigenvalue weighted by Crippen LogP contribution is 2.29. The maximum atomic E-state index is 13.3.